The van der Waals surface area contributed by atoms with E-state index in [1.54, 1.807) is 12.1 Å². The zero-order valence-electron chi connectivity index (χ0n) is 11.3. The number of aromatic nitrogens is 1. The number of aryl methyl sites for hydroxylation is 1. The highest BCUT2D eigenvalue weighted by Gasteiger charge is 2.21. The highest BCUT2D eigenvalue weighted by atomic mass is 79.9. The Bertz CT molecular complexity index is 690. The third-order valence-corrected chi connectivity index (χ3v) is 4.32. The molecule has 5 nitrogen and oxygen atoms in total. The minimum atomic E-state index is -0.397. The highest BCUT2D eigenvalue weighted by molar-refractivity contribution is 9.10. The number of anilines is 1. The van der Waals surface area contributed by atoms with Gasteiger partial charge >= 0.3 is 0 Å². The first-order chi connectivity index (χ1) is 10.1. The number of nitrogens with zero attached hydrogens (tertiary/aromatic N) is 2. The van der Waals surface area contributed by atoms with Crippen molar-refractivity contribution in [3.8, 4) is 0 Å². The monoisotopic (exact) mass is 347 g/mol. The summed E-state index contributed by atoms with van der Waals surface area (Å²) in [6, 6.07) is 9.22. The van der Waals surface area contributed by atoms with Gasteiger partial charge in [-0.05, 0) is 59.0 Å². The lowest BCUT2D eigenvalue weighted by atomic mass is 9.92. The molecule has 1 aromatic heterocycles. The van der Waals surface area contributed by atoms with Crippen LogP contribution in [-0.4, -0.2) is 9.91 Å². The second-order valence-electron chi connectivity index (χ2n) is 5.06. The molecule has 1 atom stereocenters. The molecule has 2 aromatic rings. The summed E-state index contributed by atoms with van der Waals surface area (Å²) >= 11 is 3.25. The van der Waals surface area contributed by atoms with Crippen LogP contribution in [0.2, 0.25) is 0 Å². The largest absolute Gasteiger partial charge is 0.377 e. The lowest BCUT2D eigenvalue weighted by Gasteiger charge is -2.26. The topological polar surface area (TPSA) is 68.1 Å². The smallest absolute Gasteiger partial charge is 0.283 e. The quantitative estimate of drug-likeness (QED) is 0.665. The summed E-state index contributed by atoms with van der Waals surface area (Å²) in [6.45, 7) is 0. The Balaban J connectivity index is 1.85. The van der Waals surface area contributed by atoms with Crippen LogP contribution in [-0.2, 0) is 6.42 Å². The van der Waals surface area contributed by atoms with E-state index in [0.717, 1.165) is 30.6 Å². The predicted molar refractivity (Wildman–Crippen MR) is 84.3 cm³/mol. The number of rotatable bonds is 3. The van der Waals surface area contributed by atoms with E-state index in [9.17, 15) is 10.1 Å². The number of pyridine rings is 1. The average molecular weight is 348 g/mol. The Morgan fingerprint density at radius 1 is 1.38 bits per heavy atom. The van der Waals surface area contributed by atoms with Gasteiger partial charge in [0, 0.05) is 18.0 Å². The van der Waals surface area contributed by atoms with Crippen molar-refractivity contribution in [3.05, 3.63) is 62.4 Å². The maximum absolute atomic E-state index is 10.8. The maximum atomic E-state index is 10.8. The number of nitro benzene ring substituents is 1. The lowest BCUT2D eigenvalue weighted by molar-refractivity contribution is -0.385. The first kappa shape index (κ1) is 14.0. The van der Waals surface area contributed by atoms with E-state index in [2.05, 4.69) is 32.3 Å². The molecule has 21 heavy (non-hydrogen) atoms. The van der Waals surface area contributed by atoms with Crippen molar-refractivity contribution in [2.24, 2.45) is 0 Å². The number of fused-ring (bicyclic) bond motifs is 1. The Hall–Kier alpha value is -1.95. The molecule has 0 amide bonds. The molecular formula is C15H14BrN3O2. The van der Waals surface area contributed by atoms with Crippen molar-refractivity contribution in [2.45, 2.75) is 25.3 Å². The van der Waals surface area contributed by atoms with Gasteiger partial charge in [-0.3, -0.25) is 15.1 Å². The van der Waals surface area contributed by atoms with Gasteiger partial charge in [0.2, 0.25) is 0 Å². The molecule has 3 rings (SSSR count). The lowest BCUT2D eigenvalue weighted by Crippen LogP contribution is -2.18. The Morgan fingerprint density at radius 2 is 2.24 bits per heavy atom. The predicted octanol–water partition coefficient (Wildman–Crippen LogP) is 4.24. The van der Waals surface area contributed by atoms with E-state index in [1.165, 1.54) is 11.6 Å². The fourth-order valence-corrected chi connectivity index (χ4v) is 3.22. The first-order valence-electron chi connectivity index (χ1n) is 6.79. The van der Waals surface area contributed by atoms with E-state index in [1.807, 2.05) is 12.3 Å². The average Bonchev–Trinajstić information content (AvgIpc) is 2.47. The summed E-state index contributed by atoms with van der Waals surface area (Å²) < 4.78 is 0.481. The number of halogens is 1. The van der Waals surface area contributed by atoms with Gasteiger partial charge in [-0.25, -0.2) is 0 Å². The summed E-state index contributed by atoms with van der Waals surface area (Å²) in [6.07, 6.45) is 5.00. The normalized spacial score (nSPS) is 17.1. The molecule has 1 heterocycles. The Labute approximate surface area is 130 Å². The van der Waals surface area contributed by atoms with Crippen LogP contribution in [0.25, 0.3) is 0 Å². The molecule has 0 fully saturated rings. The summed E-state index contributed by atoms with van der Waals surface area (Å²) in [5.41, 5.74) is 3.29. The third kappa shape index (κ3) is 2.90. The van der Waals surface area contributed by atoms with Gasteiger partial charge in [0.1, 0.15) is 0 Å². The molecular weight excluding hydrogens is 334 g/mol. The van der Waals surface area contributed by atoms with E-state index >= 15 is 0 Å². The SMILES string of the molecule is O=[N+]([O-])c1ccc(NC2CCCc3cccnc32)cc1Br. The Kier molecular flexibility index (Phi) is 3.88. The zero-order chi connectivity index (χ0) is 14.8. The second-order valence-corrected chi connectivity index (χ2v) is 5.91. The van der Waals surface area contributed by atoms with Gasteiger partial charge in [-0.1, -0.05) is 6.07 Å². The zero-order valence-corrected chi connectivity index (χ0v) is 12.8. The molecule has 1 N–H and O–H groups in total. The third-order valence-electron chi connectivity index (χ3n) is 3.68. The molecule has 6 heteroatoms. The van der Waals surface area contributed by atoms with Gasteiger partial charge in [0.05, 0.1) is 21.1 Å². The van der Waals surface area contributed by atoms with Crippen LogP contribution in [0.5, 0.6) is 0 Å². The van der Waals surface area contributed by atoms with Crippen molar-refractivity contribution in [3.63, 3.8) is 0 Å². The van der Waals surface area contributed by atoms with E-state index in [4.69, 9.17) is 0 Å². The summed E-state index contributed by atoms with van der Waals surface area (Å²) in [5.74, 6) is 0. The summed E-state index contributed by atoms with van der Waals surface area (Å²) in [4.78, 5) is 14.9. The van der Waals surface area contributed by atoms with Crippen LogP contribution < -0.4 is 5.32 Å². The van der Waals surface area contributed by atoms with Crippen molar-refractivity contribution in [2.75, 3.05) is 5.32 Å². The molecule has 0 aliphatic heterocycles. The minimum Gasteiger partial charge on any atom is -0.377 e. The van der Waals surface area contributed by atoms with Crippen LogP contribution in [0.3, 0.4) is 0 Å². The number of nitrogens with one attached hydrogen (secondary N) is 1. The fraction of sp³-hybridized carbons (Fsp3) is 0.267. The fourth-order valence-electron chi connectivity index (χ4n) is 2.70. The van der Waals surface area contributed by atoms with E-state index < -0.39 is 4.92 Å². The van der Waals surface area contributed by atoms with Crippen molar-refractivity contribution in [1.29, 1.82) is 0 Å². The van der Waals surface area contributed by atoms with Gasteiger partial charge in [0.15, 0.2) is 0 Å². The molecule has 0 saturated carbocycles. The van der Waals surface area contributed by atoms with Crippen LogP contribution in [0.4, 0.5) is 11.4 Å². The van der Waals surface area contributed by atoms with E-state index in [0.29, 0.717) is 4.47 Å². The molecule has 0 saturated heterocycles. The molecule has 0 spiro atoms. The van der Waals surface area contributed by atoms with Crippen molar-refractivity contribution >= 4 is 27.3 Å². The second kappa shape index (κ2) is 5.81. The van der Waals surface area contributed by atoms with Gasteiger partial charge in [0.25, 0.3) is 5.69 Å². The number of nitro groups is 1. The van der Waals surface area contributed by atoms with Gasteiger partial charge in [-0.15, -0.1) is 0 Å². The number of benzene rings is 1. The van der Waals surface area contributed by atoms with E-state index in [-0.39, 0.29) is 11.7 Å². The van der Waals surface area contributed by atoms with Gasteiger partial charge < -0.3 is 5.32 Å². The molecule has 1 aromatic carbocycles. The van der Waals surface area contributed by atoms with Crippen LogP contribution in [0.1, 0.15) is 30.1 Å². The van der Waals surface area contributed by atoms with Crippen molar-refractivity contribution in [1.82, 2.24) is 4.98 Å². The van der Waals surface area contributed by atoms with Gasteiger partial charge in [-0.2, -0.15) is 0 Å². The molecule has 1 unspecified atom stereocenters. The summed E-state index contributed by atoms with van der Waals surface area (Å²) in [7, 11) is 0. The molecule has 0 radical (unpaired) electrons. The minimum absolute atomic E-state index is 0.0720. The summed E-state index contributed by atoms with van der Waals surface area (Å²) in [5, 5.41) is 14.3. The molecule has 1 aliphatic carbocycles. The first-order valence-corrected chi connectivity index (χ1v) is 7.59. The van der Waals surface area contributed by atoms with Crippen molar-refractivity contribution < 1.29 is 4.92 Å². The van der Waals surface area contributed by atoms with Crippen LogP contribution in [0, 0.1) is 10.1 Å². The number of hydrogen-bond acceptors (Lipinski definition) is 4. The highest BCUT2D eigenvalue weighted by Crippen LogP contribution is 2.33. The molecule has 1 aliphatic rings. The van der Waals surface area contributed by atoms with Crippen LogP contribution in [0.15, 0.2) is 41.0 Å². The Morgan fingerprint density at radius 3 is 3.00 bits per heavy atom. The standard InChI is InChI=1S/C15H14BrN3O2/c16-12-9-11(6-7-14(12)19(20)21)18-13-5-1-3-10-4-2-8-17-15(10)13/h2,4,6-9,13,18H,1,3,5H2. The molecule has 0 bridgehead atoms. The van der Waals surface area contributed by atoms with Crippen LogP contribution >= 0.6 is 15.9 Å². The number of hydrogen-bond donors (Lipinski definition) is 1. The maximum Gasteiger partial charge on any atom is 0.283 e. The molecule has 108 valence electrons.